The predicted molar refractivity (Wildman–Crippen MR) is 48.5 cm³/mol. The standard InChI is InChI=1S/C9H15Cl/c1-4-8(3)6-7-9(10)5-2/h4,6-7,9H,5H2,1-3H3/b7-6-,8-4-. The van der Waals surface area contributed by atoms with Crippen molar-refractivity contribution < 1.29 is 0 Å². The first-order valence-corrected chi connectivity index (χ1v) is 4.09. The normalized spacial score (nSPS) is 16.2. The van der Waals surface area contributed by atoms with Crippen LogP contribution in [0.4, 0.5) is 0 Å². The molecule has 0 rings (SSSR count). The molecule has 0 aliphatic rings. The minimum absolute atomic E-state index is 0.190. The summed E-state index contributed by atoms with van der Waals surface area (Å²) in [6.45, 7) is 6.16. The zero-order chi connectivity index (χ0) is 7.98. The lowest BCUT2D eigenvalue weighted by atomic mass is 10.2. The SMILES string of the molecule is C/C=C(C)\C=C/C(Cl)CC. The Morgan fingerprint density at radius 3 is 2.60 bits per heavy atom. The largest absolute Gasteiger partial charge is 0.118 e. The van der Waals surface area contributed by atoms with Gasteiger partial charge in [0.2, 0.25) is 0 Å². The third-order valence-corrected chi connectivity index (χ3v) is 1.87. The second kappa shape index (κ2) is 5.55. The molecule has 0 nitrogen and oxygen atoms in total. The van der Waals surface area contributed by atoms with Gasteiger partial charge in [-0.15, -0.1) is 11.6 Å². The Kier molecular flexibility index (Phi) is 5.42. The van der Waals surface area contributed by atoms with E-state index in [1.807, 2.05) is 13.0 Å². The fourth-order valence-corrected chi connectivity index (χ4v) is 0.561. The molecule has 0 N–H and O–H groups in total. The van der Waals surface area contributed by atoms with Gasteiger partial charge in [0.1, 0.15) is 0 Å². The molecular formula is C9H15Cl. The summed E-state index contributed by atoms with van der Waals surface area (Å²) >= 11 is 5.85. The van der Waals surface area contributed by atoms with E-state index >= 15 is 0 Å². The van der Waals surface area contributed by atoms with Crippen molar-refractivity contribution in [2.24, 2.45) is 0 Å². The van der Waals surface area contributed by atoms with Crippen LogP contribution < -0.4 is 0 Å². The molecule has 0 aromatic carbocycles. The summed E-state index contributed by atoms with van der Waals surface area (Å²) in [7, 11) is 0. The van der Waals surface area contributed by atoms with Crippen LogP contribution in [0.25, 0.3) is 0 Å². The topological polar surface area (TPSA) is 0 Å². The maximum Gasteiger partial charge on any atom is 0.0516 e. The lowest BCUT2D eigenvalue weighted by Gasteiger charge is -1.96. The highest BCUT2D eigenvalue weighted by molar-refractivity contribution is 6.21. The molecule has 58 valence electrons. The van der Waals surface area contributed by atoms with E-state index in [0.29, 0.717) is 0 Å². The van der Waals surface area contributed by atoms with E-state index in [-0.39, 0.29) is 5.38 Å². The van der Waals surface area contributed by atoms with Crippen LogP contribution in [0.3, 0.4) is 0 Å². The van der Waals surface area contributed by atoms with E-state index < -0.39 is 0 Å². The Balaban J connectivity index is 3.75. The van der Waals surface area contributed by atoms with Gasteiger partial charge in [-0.2, -0.15) is 0 Å². The molecule has 0 aliphatic carbocycles. The first kappa shape index (κ1) is 9.77. The summed E-state index contributed by atoms with van der Waals surface area (Å²) in [5.74, 6) is 0. The molecule has 0 amide bonds. The van der Waals surface area contributed by atoms with Crippen molar-refractivity contribution in [3.63, 3.8) is 0 Å². The van der Waals surface area contributed by atoms with Gasteiger partial charge in [-0.25, -0.2) is 0 Å². The average Bonchev–Trinajstić information content (AvgIpc) is 1.99. The third-order valence-electron chi connectivity index (χ3n) is 1.41. The van der Waals surface area contributed by atoms with Gasteiger partial charge < -0.3 is 0 Å². The molecule has 0 aromatic rings. The van der Waals surface area contributed by atoms with Crippen LogP contribution in [0.15, 0.2) is 23.8 Å². The molecule has 0 bridgehead atoms. The lowest BCUT2D eigenvalue weighted by Crippen LogP contribution is -1.87. The summed E-state index contributed by atoms with van der Waals surface area (Å²) < 4.78 is 0. The second-order valence-corrected chi connectivity index (χ2v) is 2.88. The van der Waals surface area contributed by atoms with Gasteiger partial charge in [-0.1, -0.05) is 30.7 Å². The van der Waals surface area contributed by atoms with Crippen molar-refractivity contribution in [2.45, 2.75) is 32.6 Å². The zero-order valence-corrected chi connectivity index (χ0v) is 7.65. The first-order chi connectivity index (χ1) is 4.70. The molecule has 10 heavy (non-hydrogen) atoms. The van der Waals surface area contributed by atoms with E-state index in [9.17, 15) is 0 Å². The summed E-state index contributed by atoms with van der Waals surface area (Å²) in [6, 6.07) is 0. The number of rotatable bonds is 3. The number of halogens is 1. The summed E-state index contributed by atoms with van der Waals surface area (Å²) in [5.41, 5.74) is 1.26. The molecule has 1 heteroatoms. The monoisotopic (exact) mass is 158 g/mol. The van der Waals surface area contributed by atoms with Gasteiger partial charge in [0.25, 0.3) is 0 Å². The van der Waals surface area contributed by atoms with Crippen molar-refractivity contribution in [3.8, 4) is 0 Å². The fraction of sp³-hybridized carbons (Fsp3) is 0.556. The first-order valence-electron chi connectivity index (χ1n) is 3.65. The number of hydrogen-bond donors (Lipinski definition) is 0. The number of hydrogen-bond acceptors (Lipinski definition) is 0. The Hall–Kier alpha value is -0.230. The second-order valence-electron chi connectivity index (χ2n) is 2.32. The molecule has 0 aromatic heterocycles. The number of allylic oxidation sites excluding steroid dienone is 4. The van der Waals surface area contributed by atoms with Crippen molar-refractivity contribution in [1.82, 2.24) is 0 Å². The van der Waals surface area contributed by atoms with E-state index in [2.05, 4.69) is 26.0 Å². The minimum atomic E-state index is 0.190. The van der Waals surface area contributed by atoms with Gasteiger partial charge in [0.15, 0.2) is 0 Å². The van der Waals surface area contributed by atoms with Gasteiger partial charge in [0.05, 0.1) is 5.38 Å². The maximum atomic E-state index is 5.85. The third kappa shape index (κ3) is 4.63. The summed E-state index contributed by atoms with van der Waals surface area (Å²) in [4.78, 5) is 0. The van der Waals surface area contributed by atoms with Crippen LogP contribution >= 0.6 is 11.6 Å². The molecule has 1 atom stereocenters. The molecule has 0 saturated heterocycles. The summed E-state index contributed by atoms with van der Waals surface area (Å²) in [5, 5.41) is 0.190. The van der Waals surface area contributed by atoms with Crippen LogP contribution in [0, 0.1) is 0 Å². The quantitative estimate of drug-likeness (QED) is 0.436. The van der Waals surface area contributed by atoms with Gasteiger partial charge in [0, 0.05) is 0 Å². The van der Waals surface area contributed by atoms with Crippen molar-refractivity contribution in [2.75, 3.05) is 0 Å². The molecule has 0 aliphatic heterocycles. The molecule has 0 radical (unpaired) electrons. The highest BCUT2D eigenvalue weighted by atomic mass is 35.5. The van der Waals surface area contributed by atoms with Crippen LogP contribution in [0.2, 0.25) is 0 Å². The Morgan fingerprint density at radius 1 is 1.60 bits per heavy atom. The fourth-order valence-electron chi connectivity index (χ4n) is 0.488. The summed E-state index contributed by atoms with van der Waals surface area (Å²) in [6.07, 6.45) is 7.14. The Bertz CT molecular complexity index is 134. The average molecular weight is 159 g/mol. The van der Waals surface area contributed by atoms with E-state index in [4.69, 9.17) is 11.6 Å². The molecule has 0 saturated carbocycles. The lowest BCUT2D eigenvalue weighted by molar-refractivity contribution is 0.965. The Labute approximate surface area is 68.6 Å². The van der Waals surface area contributed by atoms with Crippen LogP contribution in [0.1, 0.15) is 27.2 Å². The molecule has 0 fully saturated rings. The van der Waals surface area contributed by atoms with Crippen LogP contribution in [0.5, 0.6) is 0 Å². The van der Waals surface area contributed by atoms with E-state index in [1.165, 1.54) is 5.57 Å². The van der Waals surface area contributed by atoms with E-state index in [1.54, 1.807) is 0 Å². The van der Waals surface area contributed by atoms with Crippen LogP contribution in [-0.2, 0) is 0 Å². The Morgan fingerprint density at radius 2 is 2.20 bits per heavy atom. The van der Waals surface area contributed by atoms with E-state index in [0.717, 1.165) is 6.42 Å². The minimum Gasteiger partial charge on any atom is -0.118 e. The van der Waals surface area contributed by atoms with Crippen molar-refractivity contribution >= 4 is 11.6 Å². The molecule has 1 unspecified atom stereocenters. The van der Waals surface area contributed by atoms with Gasteiger partial charge >= 0.3 is 0 Å². The van der Waals surface area contributed by atoms with Crippen molar-refractivity contribution in [1.29, 1.82) is 0 Å². The van der Waals surface area contributed by atoms with Crippen LogP contribution in [-0.4, -0.2) is 5.38 Å². The highest BCUT2D eigenvalue weighted by Gasteiger charge is 1.91. The smallest absolute Gasteiger partial charge is 0.0516 e. The molecule has 0 heterocycles. The molecular weight excluding hydrogens is 144 g/mol. The van der Waals surface area contributed by atoms with Crippen molar-refractivity contribution in [3.05, 3.63) is 23.8 Å². The molecule has 0 spiro atoms. The predicted octanol–water partition coefficient (Wildman–Crippen LogP) is 3.53. The number of alkyl halides is 1. The maximum absolute atomic E-state index is 5.85. The van der Waals surface area contributed by atoms with Gasteiger partial charge in [-0.05, 0) is 20.3 Å². The van der Waals surface area contributed by atoms with Gasteiger partial charge in [-0.3, -0.25) is 0 Å². The zero-order valence-electron chi connectivity index (χ0n) is 6.89. The highest BCUT2D eigenvalue weighted by Crippen LogP contribution is 2.04.